The number of carbonyl (C=O) groups is 1. The molecule has 6 heteroatoms. The van der Waals surface area contributed by atoms with E-state index in [1.807, 2.05) is 0 Å². The summed E-state index contributed by atoms with van der Waals surface area (Å²) in [6, 6.07) is 6.87. The lowest BCUT2D eigenvalue weighted by atomic mass is 10.2. The van der Waals surface area contributed by atoms with E-state index in [0.717, 1.165) is 0 Å². The van der Waals surface area contributed by atoms with E-state index in [1.165, 1.54) is 19.5 Å². The van der Waals surface area contributed by atoms with Crippen LogP contribution in [0.3, 0.4) is 0 Å². The molecule has 1 N–H and O–H groups in total. The van der Waals surface area contributed by atoms with Crippen molar-refractivity contribution in [3.05, 3.63) is 52.3 Å². The summed E-state index contributed by atoms with van der Waals surface area (Å²) in [7, 11) is 1.50. The van der Waals surface area contributed by atoms with Crippen LogP contribution >= 0.6 is 23.2 Å². The number of nitrogens with zero attached hydrogens (tertiary/aromatic N) is 1. The number of amides is 1. The van der Waals surface area contributed by atoms with Gasteiger partial charge in [-0.05, 0) is 12.1 Å². The van der Waals surface area contributed by atoms with Crippen LogP contribution < -0.4 is 10.1 Å². The van der Waals surface area contributed by atoms with Gasteiger partial charge < -0.3 is 10.1 Å². The maximum atomic E-state index is 12.2. The Labute approximate surface area is 120 Å². The van der Waals surface area contributed by atoms with Gasteiger partial charge in [0.1, 0.15) is 5.75 Å². The monoisotopic (exact) mass is 296 g/mol. The zero-order chi connectivity index (χ0) is 13.8. The third-order valence-corrected chi connectivity index (χ3v) is 3.02. The Morgan fingerprint density at radius 2 is 1.84 bits per heavy atom. The van der Waals surface area contributed by atoms with Crippen LogP contribution in [0, 0.1) is 0 Å². The fraction of sp³-hybridized carbons (Fsp3) is 0.0769. The van der Waals surface area contributed by atoms with E-state index in [9.17, 15) is 4.79 Å². The number of hydrogen-bond donors (Lipinski definition) is 1. The van der Waals surface area contributed by atoms with Gasteiger partial charge in [0.2, 0.25) is 0 Å². The number of methoxy groups -OCH3 is 1. The second-order valence-electron chi connectivity index (χ2n) is 3.63. The predicted molar refractivity (Wildman–Crippen MR) is 75.2 cm³/mol. The zero-order valence-electron chi connectivity index (χ0n) is 9.98. The molecule has 19 heavy (non-hydrogen) atoms. The van der Waals surface area contributed by atoms with Crippen molar-refractivity contribution in [2.75, 3.05) is 12.4 Å². The number of rotatable bonds is 3. The van der Waals surface area contributed by atoms with Crippen LogP contribution in [0.15, 0.2) is 36.7 Å². The molecule has 1 aromatic heterocycles. The van der Waals surface area contributed by atoms with Gasteiger partial charge in [0.25, 0.3) is 5.91 Å². The molecule has 1 amide bonds. The smallest absolute Gasteiger partial charge is 0.259 e. The van der Waals surface area contributed by atoms with Crippen molar-refractivity contribution < 1.29 is 9.53 Å². The number of benzene rings is 1. The Hall–Kier alpha value is -1.78. The molecule has 0 aliphatic rings. The van der Waals surface area contributed by atoms with Gasteiger partial charge in [-0.1, -0.05) is 35.3 Å². The number of para-hydroxylation sites is 1. The zero-order valence-corrected chi connectivity index (χ0v) is 11.5. The van der Waals surface area contributed by atoms with Crippen molar-refractivity contribution in [1.82, 2.24) is 4.98 Å². The van der Waals surface area contributed by atoms with Gasteiger partial charge in [0.05, 0.1) is 28.4 Å². The number of nitrogens with one attached hydrogen (secondary N) is 1. The molecule has 1 heterocycles. The SMILES string of the molecule is COc1ccccc1C(=O)Nc1c(Cl)cncc1Cl. The Balaban J connectivity index is 2.31. The van der Waals surface area contributed by atoms with Crippen LogP contribution in [0.4, 0.5) is 5.69 Å². The lowest BCUT2D eigenvalue weighted by molar-refractivity contribution is 0.102. The maximum absolute atomic E-state index is 12.2. The Bertz CT molecular complexity index is 597. The average molecular weight is 297 g/mol. The van der Waals surface area contributed by atoms with Crippen LogP contribution in [-0.2, 0) is 0 Å². The largest absolute Gasteiger partial charge is 0.496 e. The second kappa shape index (κ2) is 5.91. The van der Waals surface area contributed by atoms with Gasteiger partial charge in [-0.25, -0.2) is 0 Å². The first-order valence-electron chi connectivity index (χ1n) is 5.37. The number of ether oxygens (including phenoxy) is 1. The average Bonchev–Trinajstić information content (AvgIpc) is 2.42. The lowest BCUT2D eigenvalue weighted by Gasteiger charge is -2.11. The fourth-order valence-electron chi connectivity index (χ4n) is 1.54. The van der Waals surface area contributed by atoms with Gasteiger partial charge in [0, 0.05) is 12.4 Å². The van der Waals surface area contributed by atoms with Crippen LogP contribution in [0.5, 0.6) is 5.75 Å². The number of aromatic nitrogens is 1. The molecule has 1 aromatic carbocycles. The quantitative estimate of drug-likeness (QED) is 0.940. The first kappa shape index (κ1) is 13.6. The van der Waals surface area contributed by atoms with Crippen molar-refractivity contribution in [3.8, 4) is 5.75 Å². The molecule has 0 radical (unpaired) electrons. The summed E-state index contributed by atoms with van der Waals surface area (Å²) in [5.74, 6) is 0.119. The molecule has 2 rings (SSSR count). The number of anilines is 1. The molecule has 0 saturated heterocycles. The molecule has 0 bridgehead atoms. The molecule has 98 valence electrons. The van der Waals surface area contributed by atoms with Gasteiger partial charge >= 0.3 is 0 Å². The third kappa shape index (κ3) is 2.97. The number of hydrogen-bond acceptors (Lipinski definition) is 3. The number of pyridine rings is 1. The maximum Gasteiger partial charge on any atom is 0.259 e. The second-order valence-corrected chi connectivity index (χ2v) is 4.45. The summed E-state index contributed by atoms with van der Waals surface area (Å²) < 4.78 is 5.13. The van der Waals surface area contributed by atoms with Crippen molar-refractivity contribution in [3.63, 3.8) is 0 Å². The van der Waals surface area contributed by atoms with E-state index in [-0.39, 0.29) is 16.0 Å². The molecule has 0 unspecified atom stereocenters. The summed E-state index contributed by atoms with van der Waals surface area (Å²) in [6.07, 6.45) is 2.82. The molecule has 0 aliphatic heterocycles. The minimum atomic E-state index is -0.354. The number of carbonyl (C=O) groups excluding carboxylic acids is 1. The molecule has 0 saturated carbocycles. The van der Waals surface area contributed by atoms with E-state index in [1.54, 1.807) is 24.3 Å². The highest BCUT2D eigenvalue weighted by Gasteiger charge is 2.15. The van der Waals surface area contributed by atoms with Crippen LogP contribution in [0.2, 0.25) is 10.0 Å². The standard InChI is InChI=1S/C13H10Cl2N2O2/c1-19-11-5-3-2-4-8(11)13(18)17-12-9(14)6-16-7-10(12)15/h2-7H,1H3,(H,16,17,18). The highest BCUT2D eigenvalue weighted by atomic mass is 35.5. The summed E-state index contributed by atoms with van der Waals surface area (Å²) in [4.78, 5) is 16.0. The van der Waals surface area contributed by atoms with Crippen molar-refractivity contribution in [1.29, 1.82) is 0 Å². The first-order valence-corrected chi connectivity index (χ1v) is 6.12. The lowest BCUT2D eigenvalue weighted by Crippen LogP contribution is -2.13. The van der Waals surface area contributed by atoms with Crippen LogP contribution in [0.1, 0.15) is 10.4 Å². The van der Waals surface area contributed by atoms with Crippen LogP contribution in [0.25, 0.3) is 0 Å². The Morgan fingerprint density at radius 1 is 1.21 bits per heavy atom. The number of halogens is 2. The van der Waals surface area contributed by atoms with E-state index < -0.39 is 0 Å². The third-order valence-electron chi connectivity index (χ3n) is 2.44. The topological polar surface area (TPSA) is 51.2 Å². The molecular formula is C13H10Cl2N2O2. The van der Waals surface area contributed by atoms with E-state index in [2.05, 4.69) is 10.3 Å². The molecule has 0 fully saturated rings. The Kier molecular flexibility index (Phi) is 4.24. The van der Waals surface area contributed by atoms with Gasteiger partial charge in [-0.15, -0.1) is 0 Å². The van der Waals surface area contributed by atoms with Gasteiger partial charge in [-0.3, -0.25) is 9.78 Å². The van der Waals surface area contributed by atoms with Crippen molar-refractivity contribution >= 4 is 34.8 Å². The molecule has 2 aromatic rings. The molecule has 4 nitrogen and oxygen atoms in total. The normalized spacial score (nSPS) is 10.1. The van der Waals surface area contributed by atoms with E-state index in [4.69, 9.17) is 27.9 Å². The minimum Gasteiger partial charge on any atom is -0.496 e. The predicted octanol–water partition coefficient (Wildman–Crippen LogP) is 3.65. The molecule has 0 atom stereocenters. The van der Waals surface area contributed by atoms with E-state index >= 15 is 0 Å². The van der Waals surface area contributed by atoms with Crippen molar-refractivity contribution in [2.24, 2.45) is 0 Å². The summed E-state index contributed by atoms with van der Waals surface area (Å²) >= 11 is 11.9. The van der Waals surface area contributed by atoms with Crippen LogP contribution in [-0.4, -0.2) is 18.0 Å². The molecule has 0 spiro atoms. The molecule has 0 aliphatic carbocycles. The summed E-state index contributed by atoms with van der Waals surface area (Å²) in [5.41, 5.74) is 0.725. The minimum absolute atomic E-state index is 0.274. The molecular weight excluding hydrogens is 287 g/mol. The highest BCUT2D eigenvalue weighted by Crippen LogP contribution is 2.29. The van der Waals surface area contributed by atoms with E-state index in [0.29, 0.717) is 17.0 Å². The van der Waals surface area contributed by atoms with Gasteiger partial charge in [0.15, 0.2) is 0 Å². The fourth-order valence-corrected chi connectivity index (χ4v) is 2.00. The summed E-state index contributed by atoms with van der Waals surface area (Å²) in [5, 5.41) is 3.19. The van der Waals surface area contributed by atoms with Crippen molar-refractivity contribution in [2.45, 2.75) is 0 Å². The Morgan fingerprint density at radius 3 is 2.47 bits per heavy atom. The first-order chi connectivity index (χ1) is 9.13. The van der Waals surface area contributed by atoms with Gasteiger partial charge in [-0.2, -0.15) is 0 Å². The summed E-state index contributed by atoms with van der Waals surface area (Å²) in [6.45, 7) is 0. The highest BCUT2D eigenvalue weighted by molar-refractivity contribution is 6.39.